The maximum atomic E-state index is 11.1. The van der Waals surface area contributed by atoms with Crippen LogP contribution in [0.3, 0.4) is 0 Å². The van der Waals surface area contributed by atoms with Crippen molar-refractivity contribution in [2.75, 3.05) is 7.11 Å². The van der Waals surface area contributed by atoms with Crippen LogP contribution in [-0.2, 0) is 4.84 Å². The smallest absolute Gasteiger partial charge is 0.249 e. The van der Waals surface area contributed by atoms with E-state index in [2.05, 4.69) is 9.99 Å². The molecule has 0 aliphatic carbocycles. The molecular weight excluding hydrogens is 180 g/mol. The van der Waals surface area contributed by atoms with Gasteiger partial charge in [0.15, 0.2) is 0 Å². The Morgan fingerprint density at radius 1 is 1.36 bits per heavy atom. The van der Waals surface area contributed by atoms with Crippen molar-refractivity contribution in [3.05, 3.63) is 35.4 Å². The van der Waals surface area contributed by atoms with E-state index in [4.69, 9.17) is 5.73 Å². The molecule has 0 unspecified atom stereocenters. The molecule has 0 aliphatic heterocycles. The quantitative estimate of drug-likeness (QED) is 0.576. The number of hydrogen-bond donors (Lipinski definition) is 1. The molecule has 1 amide bonds. The number of hydrogen-bond acceptors (Lipinski definition) is 3. The zero-order valence-corrected chi connectivity index (χ0v) is 8.15. The van der Waals surface area contributed by atoms with Crippen molar-refractivity contribution in [3.63, 3.8) is 0 Å². The molecule has 1 rings (SSSR count). The molecule has 0 bridgehead atoms. The van der Waals surface area contributed by atoms with Crippen LogP contribution in [0.25, 0.3) is 0 Å². The Hall–Kier alpha value is -1.84. The molecule has 4 nitrogen and oxygen atoms in total. The van der Waals surface area contributed by atoms with Gasteiger partial charge >= 0.3 is 0 Å². The first kappa shape index (κ1) is 10.2. The van der Waals surface area contributed by atoms with E-state index in [0.717, 1.165) is 0 Å². The first-order chi connectivity index (χ1) is 6.66. The third-order valence-corrected chi connectivity index (χ3v) is 1.81. The van der Waals surface area contributed by atoms with E-state index in [1.165, 1.54) is 7.11 Å². The van der Waals surface area contributed by atoms with Crippen LogP contribution in [0, 0.1) is 0 Å². The summed E-state index contributed by atoms with van der Waals surface area (Å²) in [5.41, 5.74) is 6.99. The predicted molar refractivity (Wildman–Crippen MR) is 54.2 cm³/mol. The number of primary amides is 1. The summed E-state index contributed by atoms with van der Waals surface area (Å²) in [4.78, 5) is 15.7. The molecule has 4 heteroatoms. The molecule has 1 aromatic rings. The summed E-state index contributed by atoms with van der Waals surface area (Å²) >= 11 is 0. The average molecular weight is 192 g/mol. The standard InChI is InChI=1S/C10H12N2O2/c1-7(12-14-2)8-5-3-4-6-9(8)10(11)13/h3-6H,1-2H3,(H2,11,13)/b12-7-. The summed E-state index contributed by atoms with van der Waals surface area (Å²) in [6.07, 6.45) is 0. The van der Waals surface area contributed by atoms with Gasteiger partial charge in [0.05, 0.1) is 5.71 Å². The third-order valence-electron chi connectivity index (χ3n) is 1.81. The number of oxime groups is 1. The van der Waals surface area contributed by atoms with Crippen LogP contribution < -0.4 is 5.73 Å². The summed E-state index contributed by atoms with van der Waals surface area (Å²) in [5, 5.41) is 3.75. The molecule has 2 N–H and O–H groups in total. The van der Waals surface area contributed by atoms with E-state index in [0.29, 0.717) is 16.8 Å². The van der Waals surface area contributed by atoms with E-state index < -0.39 is 5.91 Å². The van der Waals surface area contributed by atoms with Crippen LogP contribution in [0.15, 0.2) is 29.4 Å². The normalized spacial score (nSPS) is 11.1. The Kier molecular flexibility index (Phi) is 3.23. The van der Waals surface area contributed by atoms with Crippen molar-refractivity contribution < 1.29 is 9.63 Å². The van der Waals surface area contributed by atoms with Crippen molar-refractivity contribution in [1.82, 2.24) is 0 Å². The summed E-state index contributed by atoms with van der Waals surface area (Å²) in [6.45, 7) is 1.76. The van der Waals surface area contributed by atoms with Crippen LogP contribution >= 0.6 is 0 Å². The SMILES string of the molecule is CO/N=C(/C)c1ccccc1C(N)=O. The fourth-order valence-corrected chi connectivity index (χ4v) is 1.20. The van der Waals surface area contributed by atoms with Crippen molar-refractivity contribution >= 4 is 11.6 Å². The van der Waals surface area contributed by atoms with Crippen molar-refractivity contribution in [2.45, 2.75) is 6.92 Å². The first-order valence-corrected chi connectivity index (χ1v) is 4.13. The highest BCUT2D eigenvalue weighted by molar-refractivity contribution is 6.08. The molecule has 0 heterocycles. The minimum absolute atomic E-state index is 0.450. The minimum atomic E-state index is -0.466. The lowest BCUT2D eigenvalue weighted by atomic mass is 10.0. The summed E-state index contributed by atoms with van der Waals surface area (Å²) < 4.78 is 0. The van der Waals surface area contributed by atoms with E-state index in [-0.39, 0.29) is 0 Å². The number of carbonyl (C=O) groups is 1. The summed E-state index contributed by atoms with van der Waals surface area (Å²) in [5.74, 6) is -0.466. The zero-order valence-electron chi connectivity index (χ0n) is 8.15. The number of nitrogens with two attached hydrogens (primary N) is 1. The van der Waals surface area contributed by atoms with E-state index >= 15 is 0 Å². The monoisotopic (exact) mass is 192 g/mol. The number of rotatable bonds is 3. The molecule has 0 saturated carbocycles. The van der Waals surface area contributed by atoms with Gasteiger partial charge in [0, 0.05) is 11.1 Å². The van der Waals surface area contributed by atoms with Crippen LogP contribution in [0.2, 0.25) is 0 Å². The van der Waals surface area contributed by atoms with E-state index in [1.807, 2.05) is 6.07 Å². The lowest BCUT2D eigenvalue weighted by molar-refractivity contribution is 0.1000. The van der Waals surface area contributed by atoms with Gasteiger partial charge in [-0.05, 0) is 13.0 Å². The topological polar surface area (TPSA) is 64.7 Å². The highest BCUT2D eigenvalue weighted by Gasteiger charge is 2.09. The number of carbonyl (C=O) groups excluding carboxylic acids is 1. The van der Waals surface area contributed by atoms with E-state index in [9.17, 15) is 4.79 Å². The lowest BCUT2D eigenvalue weighted by Gasteiger charge is -2.04. The predicted octanol–water partition coefficient (Wildman–Crippen LogP) is 1.16. The lowest BCUT2D eigenvalue weighted by Crippen LogP contribution is -2.15. The van der Waals surface area contributed by atoms with Crippen molar-refractivity contribution in [3.8, 4) is 0 Å². The Bertz CT molecular complexity index is 372. The van der Waals surface area contributed by atoms with Gasteiger partial charge in [-0.1, -0.05) is 23.4 Å². The number of benzene rings is 1. The van der Waals surface area contributed by atoms with Crippen LogP contribution in [0.4, 0.5) is 0 Å². The molecule has 14 heavy (non-hydrogen) atoms. The van der Waals surface area contributed by atoms with Gasteiger partial charge in [0.2, 0.25) is 5.91 Å². The molecule has 0 spiro atoms. The fourth-order valence-electron chi connectivity index (χ4n) is 1.20. The molecule has 1 aromatic carbocycles. The van der Waals surface area contributed by atoms with Gasteiger partial charge in [0.1, 0.15) is 7.11 Å². The summed E-state index contributed by atoms with van der Waals surface area (Å²) in [7, 11) is 1.45. The molecular formula is C10H12N2O2. The molecule has 0 fully saturated rings. The van der Waals surface area contributed by atoms with Gasteiger partial charge in [-0.25, -0.2) is 0 Å². The molecule has 0 aliphatic rings. The Morgan fingerprint density at radius 2 is 1.93 bits per heavy atom. The second-order valence-corrected chi connectivity index (χ2v) is 2.77. The maximum absolute atomic E-state index is 11.1. The van der Waals surface area contributed by atoms with Gasteiger partial charge in [0.25, 0.3) is 0 Å². The van der Waals surface area contributed by atoms with Crippen LogP contribution in [-0.4, -0.2) is 18.7 Å². The Morgan fingerprint density at radius 3 is 2.43 bits per heavy atom. The molecule has 0 aromatic heterocycles. The highest BCUT2D eigenvalue weighted by atomic mass is 16.6. The Balaban J connectivity index is 3.20. The van der Waals surface area contributed by atoms with Gasteiger partial charge < -0.3 is 10.6 Å². The zero-order chi connectivity index (χ0) is 10.6. The van der Waals surface area contributed by atoms with Crippen molar-refractivity contribution in [2.24, 2.45) is 10.9 Å². The second kappa shape index (κ2) is 4.41. The largest absolute Gasteiger partial charge is 0.399 e. The third kappa shape index (κ3) is 2.10. The molecule has 0 radical (unpaired) electrons. The molecule has 0 saturated heterocycles. The van der Waals surface area contributed by atoms with Crippen molar-refractivity contribution in [1.29, 1.82) is 0 Å². The van der Waals surface area contributed by atoms with Gasteiger partial charge in [-0.15, -0.1) is 0 Å². The number of amides is 1. The van der Waals surface area contributed by atoms with Gasteiger partial charge in [-0.2, -0.15) is 0 Å². The molecule has 74 valence electrons. The second-order valence-electron chi connectivity index (χ2n) is 2.77. The summed E-state index contributed by atoms with van der Waals surface area (Å²) in [6, 6.07) is 7.00. The van der Waals surface area contributed by atoms with Crippen LogP contribution in [0.5, 0.6) is 0 Å². The first-order valence-electron chi connectivity index (χ1n) is 4.13. The number of nitrogens with zero attached hydrogens (tertiary/aromatic N) is 1. The van der Waals surface area contributed by atoms with E-state index in [1.54, 1.807) is 25.1 Å². The Labute approximate surface area is 82.4 Å². The van der Waals surface area contributed by atoms with Crippen LogP contribution in [0.1, 0.15) is 22.8 Å². The fraction of sp³-hybridized carbons (Fsp3) is 0.200. The molecule has 0 atom stereocenters. The van der Waals surface area contributed by atoms with Gasteiger partial charge in [-0.3, -0.25) is 4.79 Å². The minimum Gasteiger partial charge on any atom is -0.399 e. The highest BCUT2D eigenvalue weighted by Crippen LogP contribution is 2.09. The average Bonchev–Trinajstić information content (AvgIpc) is 2.18. The maximum Gasteiger partial charge on any atom is 0.249 e.